The molecule has 0 spiro atoms. The molecule has 3 heteroatoms. The van der Waals surface area contributed by atoms with Crippen LogP contribution in [0.15, 0.2) is 18.3 Å². The molecule has 60 valence electrons. The topological polar surface area (TPSA) is 22.1 Å². The number of halogens is 1. The molecule has 0 bridgehead atoms. The molecule has 0 N–H and O–H groups in total. The van der Waals surface area contributed by atoms with E-state index in [0.717, 1.165) is 17.9 Å². The first-order valence-electron chi connectivity index (χ1n) is 3.42. The molecule has 0 amide bonds. The standard InChI is InChI=1S/C8H10ClNO/c1-11-8-3-2-6-10-7(8)4-5-9/h2-3,6H,4-5H2,1H3. The maximum Gasteiger partial charge on any atom is 0.140 e. The van der Waals surface area contributed by atoms with Crippen LogP contribution in [0.5, 0.6) is 5.75 Å². The quantitative estimate of drug-likeness (QED) is 0.648. The van der Waals surface area contributed by atoms with Crippen LogP contribution in [0.2, 0.25) is 0 Å². The summed E-state index contributed by atoms with van der Waals surface area (Å²) in [4.78, 5) is 4.13. The highest BCUT2D eigenvalue weighted by atomic mass is 35.5. The van der Waals surface area contributed by atoms with Crippen molar-refractivity contribution < 1.29 is 4.74 Å². The van der Waals surface area contributed by atoms with Crippen LogP contribution >= 0.6 is 11.6 Å². The van der Waals surface area contributed by atoms with Crippen LogP contribution in [-0.2, 0) is 6.42 Å². The molecule has 1 heterocycles. The van der Waals surface area contributed by atoms with Crippen molar-refractivity contribution in [1.82, 2.24) is 4.98 Å². The monoisotopic (exact) mass is 171 g/mol. The Balaban J connectivity index is 2.83. The van der Waals surface area contributed by atoms with Crippen LogP contribution in [0.4, 0.5) is 0 Å². The first-order chi connectivity index (χ1) is 5.38. The third-order valence-corrected chi connectivity index (χ3v) is 1.59. The van der Waals surface area contributed by atoms with Gasteiger partial charge in [-0.05, 0) is 12.1 Å². The number of hydrogen-bond donors (Lipinski definition) is 0. The molecule has 1 aromatic heterocycles. The second-order valence-corrected chi connectivity index (χ2v) is 2.47. The van der Waals surface area contributed by atoms with E-state index < -0.39 is 0 Å². The smallest absolute Gasteiger partial charge is 0.140 e. The fourth-order valence-electron chi connectivity index (χ4n) is 0.886. The van der Waals surface area contributed by atoms with Gasteiger partial charge in [-0.2, -0.15) is 0 Å². The van der Waals surface area contributed by atoms with Crippen molar-refractivity contribution in [2.45, 2.75) is 6.42 Å². The summed E-state index contributed by atoms with van der Waals surface area (Å²) >= 11 is 5.57. The highest BCUT2D eigenvalue weighted by Crippen LogP contribution is 2.14. The van der Waals surface area contributed by atoms with E-state index in [1.807, 2.05) is 12.1 Å². The summed E-state index contributed by atoms with van der Waals surface area (Å²) in [7, 11) is 1.63. The summed E-state index contributed by atoms with van der Waals surface area (Å²) in [5.41, 5.74) is 0.921. The molecule has 2 nitrogen and oxygen atoms in total. The summed E-state index contributed by atoms with van der Waals surface area (Å²) in [5.74, 6) is 1.39. The Morgan fingerprint density at radius 1 is 1.64 bits per heavy atom. The van der Waals surface area contributed by atoms with Crippen molar-refractivity contribution in [2.75, 3.05) is 13.0 Å². The molecule has 0 saturated carbocycles. The van der Waals surface area contributed by atoms with Crippen molar-refractivity contribution in [3.63, 3.8) is 0 Å². The zero-order valence-electron chi connectivity index (χ0n) is 6.38. The van der Waals surface area contributed by atoms with Gasteiger partial charge in [-0.1, -0.05) is 0 Å². The molecule has 0 aliphatic rings. The van der Waals surface area contributed by atoms with Gasteiger partial charge in [0.15, 0.2) is 0 Å². The third-order valence-electron chi connectivity index (χ3n) is 1.40. The van der Waals surface area contributed by atoms with E-state index >= 15 is 0 Å². The molecule has 0 atom stereocenters. The Morgan fingerprint density at radius 3 is 3.09 bits per heavy atom. The molecule has 0 aromatic carbocycles. The third kappa shape index (κ3) is 2.09. The van der Waals surface area contributed by atoms with Crippen LogP contribution in [-0.4, -0.2) is 18.0 Å². The normalized spacial score (nSPS) is 9.64. The van der Waals surface area contributed by atoms with Crippen LogP contribution in [0, 0.1) is 0 Å². The van der Waals surface area contributed by atoms with Gasteiger partial charge in [0.25, 0.3) is 0 Å². The minimum absolute atomic E-state index is 0.577. The molecule has 11 heavy (non-hydrogen) atoms. The van der Waals surface area contributed by atoms with E-state index in [1.54, 1.807) is 13.3 Å². The van der Waals surface area contributed by atoms with E-state index in [0.29, 0.717) is 5.88 Å². The van der Waals surface area contributed by atoms with Crippen molar-refractivity contribution in [3.8, 4) is 5.75 Å². The molecule has 0 unspecified atom stereocenters. The number of aryl methyl sites for hydroxylation is 1. The van der Waals surface area contributed by atoms with E-state index in [-0.39, 0.29) is 0 Å². The molecule has 1 aromatic rings. The van der Waals surface area contributed by atoms with Crippen molar-refractivity contribution in [3.05, 3.63) is 24.0 Å². The molecular formula is C8H10ClNO. The van der Waals surface area contributed by atoms with Crippen LogP contribution < -0.4 is 4.74 Å². The molecule has 0 aliphatic heterocycles. The number of nitrogens with zero attached hydrogens (tertiary/aromatic N) is 1. The van der Waals surface area contributed by atoms with Crippen LogP contribution in [0.25, 0.3) is 0 Å². The number of alkyl halides is 1. The number of ether oxygens (including phenoxy) is 1. The number of methoxy groups -OCH3 is 1. The fraction of sp³-hybridized carbons (Fsp3) is 0.375. The lowest BCUT2D eigenvalue weighted by Gasteiger charge is -2.03. The summed E-state index contributed by atoms with van der Waals surface area (Å²) in [5, 5.41) is 0. The lowest BCUT2D eigenvalue weighted by molar-refractivity contribution is 0.407. The lowest BCUT2D eigenvalue weighted by atomic mass is 10.3. The highest BCUT2D eigenvalue weighted by Gasteiger charge is 2.00. The van der Waals surface area contributed by atoms with E-state index in [4.69, 9.17) is 16.3 Å². The zero-order valence-corrected chi connectivity index (χ0v) is 7.14. The van der Waals surface area contributed by atoms with Gasteiger partial charge in [-0.3, -0.25) is 4.98 Å². The summed E-state index contributed by atoms with van der Waals surface area (Å²) in [6.07, 6.45) is 2.50. The number of hydrogen-bond acceptors (Lipinski definition) is 2. The molecular weight excluding hydrogens is 162 g/mol. The maximum atomic E-state index is 5.57. The number of pyridine rings is 1. The average Bonchev–Trinajstić information content (AvgIpc) is 2.06. The van der Waals surface area contributed by atoms with Crippen LogP contribution in [0.1, 0.15) is 5.69 Å². The van der Waals surface area contributed by atoms with E-state index in [1.165, 1.54) is 0 Å². The SMILES string of the molecule is COc1cccnc1CCCl. The van der Waals surface area contributed by atoms with E-state index in [9.17, 15) is 0 Å². The zero-order chi connectivity index (χ0) is 8.10. The van der Waals surface area contributed by atoms with Gasteiger partial charge in [0, 0.05) is 18.5 Å². The van der Waals surface area contributed by atoms with Crippen molar-refractivity contribution >= 4 is 11.6 Å². The predicted molar refractivity (Wildman–Crippen MR) is 45.2 cm³/mol. The Bertz CT molecular complexity index is 227. The van der Waals surface area contributed by atoms with Gasteiger partial charge in [0.2, 0.25) is 0 Å². The minimum Gasteiger partial charge on any atom is -0.495 e. The van der Waals surface area contributed by atoms with Gasteiger partial charge < -0.3 is 4.74 Å². The first kappa shape index (κ1) is 8.34. The van der Waals surface area contributed by atoms with E-state index in [2.05, 4.69) is 4.98 Å². The van der Waals surface area contributed by atoms with Gasteiger partial charge >= 0.3 is 0 Å². The fourth-order valence-corrected chi connectivity index (χ4v) is 1.07. The average molecular weight is 172 g/mol. The Morgan fingerprint density at radius 2 is 2.45 bits per heavy atom. The summed E-state index contributed by atoms with van der Waals surface area (Å²) < 4.78 is 5.08. The van der Waals surface area contributed by atoms with Crippen molar-refractivity contribution in [2.24, 2.45) is 0 Å². The molecule has 0 radical (unpaired) electrons. The molecule has 0 saturated heterocycles. The second-order valence-electron chi connectivity index (χ2n) is 2.09. The van der Waals surface area contributed by atoms with Gasteiger partial charge in [0.1, 0.15) is 5.75 Å². The molecule has 0 aliphatic carbocycles. The molecule has 1 rings (SSSR count). The second kappa shape index (κ2) is 4.19. The highest BCUT2D eigenvalue weighted by molar-refractivity contribution is 6.17. The summed E-state index contributed by atoms with van der Waals surface area (Å²) in [6, 6.07) is 3.73. The number of rotatable bonds is 3. The van der Waals surface area contributed by atoms with Gasteiger partial charge in [0.05, 0.1) is 12.8 Å². The Labute approximate surface area is 71.2 Å². The summed E-state index contributed by atoms with van der Waals surface area (Å²) in [6.45, 7) is 0. The Hall–Kier alpha value is -0.760. The Kier molecular flexibility index (Phi) is 3.17. The number of aromatic nitrogens is 1. The van der Waals surface area contributed by atoms with Crippen molar-refractivity contribution in [1.29, 1.82) is 0 Å². The van der Waals surface area contributed by atoms with Crippen LogP contribution in [0.3, 0.4) is 0 Å². The lowest BCUT2D eigenvalue weighted by Crippen LogP contribution is -1.95. The largest absolute Gasteiger partial charge is 0.495 e. The van der Waals surface area contributed by atoms with Gasteiger partial charge in [-0.15, -0.1) is 11.6 Å². The van der Waals surface area contributed by atoms with Gasteiger partial charge in [-0.25, -0.2) is 0 Å². The maximum absolute atomic E-state index is 5.57. The predicted octanol–water partition coefficient (Wildman–Crippen LogP) is 1.87. The minimum atomic E-state index is 0.577. The molecule has 0 fully saturated rings. The first-order valence-corrected chi connectivity index (χ1v) is 3.95.